The fourth-order valence-corrected chi connectivity index (χ4v) is 2.67. The van der Waals surface area contributed by atoms with E-state index in [1.54, 1.807) is 25.1 Å². The van der Waals surface area contributed by atoms with Crippen molar-refractivity contribution in [2.45, 2.75) is 20.5 Å². The first-order valence-electron chi connectivity index (χ1n) is 8.14. The minimum Gasteiger partial charge on any atom is -0.507 e. The molecule has 0 unspecified atom stereocenters. The Bertz CT molecular complexity index is 1100. The SMILES string of the molecule is CC(=O)Nc1ccc2c(COC(=O)c3ccc(C)cc3O)cc(=O)oc2c1. The molecule has 7 nitrogen and oxygen atoms in total. The second-order valence-electron chi connectivity index (χ2n) is 6.08. The molecule has 0 saturated heterocycles. The summed E-state index contributed by atoms with van der Waals surface area (Å²) in [5.74, 6) is -1.12. The number of anilines is 1. The first-order valence-corrected chi connectivity index (χ1v) is 8.14. The molecule has 0 fully saturated rings. The van der Waals surface area contributed by atoms with Gasteiger partial charge in [0.05, 0.1) is 0 Å². The van der Waals surface area contributed by atoms with Crippen molar-refractivity contribution >= 4 is 28.5 Å². The molecule has 0 atom stereocenters. The van der Waals surface area contributed by atoms with Crippen LogP contribution in [0.5, 0.6) is 5.75 Å². The minimum absolute atomic E-state index is 0.0424. The largest absolute Gasteiger partial charge is 0.507 e. The standard InChI is InChI=1S/C20H17NO6/c1-11-3-5-16(17(23)7-11)20(25)26-10-13-8-19(24)27-18-9-14(21-12(2)22)4-6-15(13)18/h3-9,23H,10H2,1-2H3,(H,21,22). The van der Waals surface area contributed by atoms with Crippen LogP contribution in [0.25, 0.3) is 11.0 Å². The van der Waals surface area contributed by atoms with Crippen LogP contribution in [-0.4, -0.2) is 17.0 Å². The van der Waals surface area contributed by atoms with Crippen LogP contribution in [-0.2, 0) is 16.1 Å². The Kier molecular flexibility index (Phi) is 4.94. The zero-order valence-electron chi connectivity index (χ0n) is 14.7. The lowest BCUT2D eigenvalue weighted by molar-refractivity contribution is -0.114. The van der Waals surface area contributed by atoms with Gasteiger partial charge in [-0.1, -0.05) is 6.07 Å². The van der Waals surface area contributed by atoms with Crippen molar-refractivity contribution in [1.29, 1.82) is 0 Å². The van der Waals surface area contributed by atoms with Gasteiger partial charge >= 0.3 is 11.6 Å². The normalized spacial score (nSPS) is 10.6. The lowest BCUT2D eigenvalue weighted by Gasteiger charge is -2.09. The van der Waals surface area contributed by atoms with E-state index in [1.807, 2.05) is 0 Å². The molecule has 0 radical (unpaired) electrons. The molecule has 3 rings (SSSR count). The van der Waals surface area contributed by atoms with E-state index in [0.717, 1.165) is 5.56 Å². The predicted molar refractivity (Wildman–Crippen MR) is 98.8 cm³/mol. The predicted octanol–water partition coefficient (Wildman–Crippen LogP) is 3.12. The zero-order chi connectivity index (χ0) is 19.6. The molecular formula is C20H17NO6. The number of fused-ring (bicyclic) bond motifs is 1. The molecule has 0 aliphatic carbocycles. The Morgan fingerprint density at radius 3 is 2.63 bits per heavy atom. The Morgan fingerprint density at radius 2 is 1.93 bits per heavy atom. The van der Waals surface area contributed by atoms with Gasteiger partial charge in [-0.25, -0.2) is 9.59 Å². The number of benzene rings is 2. The number of carbonyl (C=O) groups excluding carboxylic acids is 2. The summed E-state index contributed by atoms with van der Waals surface area (Å²) in [6, 6.07) is 10.7. The van der Waals surface area contributed by atoms with E-state index in [9.17, 15) is 19.5 Å². The smallest absolute Gasteiger partial charge is 0.342 e. The number of esters is 1. The number of phenolic OH excluding ortho intramolecular Hbond substituents is 1. The second kappa shape index (κ2) is 7.33. The Balaban J connectivity index is 1.87. The van der Waals surface area contributed by atoms with E-state index in [4.69, 9.17) is 9.15 Å². The van der Waals surface area contributed by atoms with E-state index in [0.29, 0.717) is 16.6 Å². The zero-order valence-corrected chi connectivity index (χ0v) is 14.7. The molecule has 2 N–H and O–H groups in total. The molecular weight excluding hydrogens is 350 g/mol. The van der Waals surface area contributed by atoms with Crippen molar-refractivity contribution in [3.05, 3.63) is 69.6 Å². The van der Waals surface area contributed by atoms with Gasteiger partial charge in [0.15, 0.2) is 0 Å². The maximum absolute atomic E-state index is 12.2. The molecule has 0 bridgehead atoms. The fraction of sp³-hybridized carbons (Fsp3) is 0.150. The molecule has 27 heavy (non-hydrogen) atoms. The minimum atomic E-state index is -0.705. The maximum atomic E-state index is 12.2. The van der Waals surface area contributed by atoms with Crippen LogP contribution < -0.4 is 10.9 Å². The summed E-state index contributed by atoms with van der Waals surface area (Å²) in [7, 11) is 0. The fourth-order valence-electron chi connectivity index (χ4n) is 2.67. The highest BCUT2D eigenvalue weighted by molar-refractivity contribution is 5.93. The van der Waals surface area contributed by atoms with Gasteiger partial charge in [-0.3, -0.25) is 4.79 Å². The number of phenols is 1. The van der Waals surface area contributed by atoms with E-state index >= 15 is 0 Å². The van der Waals surface area contributed by atoms with E-state index in [1.165, 1.54) is 31.2 Å². The quantitative estimate of drug-likeness (QED) is 0.542. The monoisotopic (exact) mass is 367 g/mol. The van der Waals surface area contributed by atoms with Crippen LogP contribution in [0.15, 0.2) is 51.7 Å². The van der Waals surface area contributed by atoms with Gasteiger partial charge < -0.3 is 19.6 Å². The highest BCUT2D eigenvalue weighted by atomic mass is 16.5. The van der Waals surface area contributed by atoms with Crippen molar-refractivity contribution in [3.8, 4) is 5.75 Å². The third-order valence-corrected chi connectivity index (χ3v) is 3.88. The van der Waals surface area contributed by atoms with E-state index in [2.05, 4.69) is 5.32 Å². The summed E-state index contributed by atoms with van der Waals surface area (Å²) < 4.78 is 10.4. The van der Waals surface area contributed by atoms with Crippen molar-refractivity contribution in [1.82, 2.24) is 0 Å². The summed E-state index contributed by atoms with van der Waals surface area (Å²) in [6.45, 7) is 2.99. The van der Waals surface area contributed by atoms with Gasteiger partial charge in [-0.05, 0) is 36.8 Å². The number of ether oxygens (including phenoxy) is 1. The molecule has 0 saturated carbocycles. The number of hydrogen-bond acceptors (Lipinski definition) is 6. The summed E-state index contributed by atoms with van der Waals surface area (Å²) in [6.07, 6.45) is 0. The van der Waals surface area contributed by atoms with Gasteiger partial charge in [0, 0.05) is 35.7 Å². The highest BCUT2D eigenvalue weighted by Crippen LogP contribution is 2.23. The van der Waals surface area contributed by atoms with Crippen LogP contribution >= 0.6 is 0 Å². The summed E-state index contributed by atoms with van der Waals surface area (Å²) >= 11 is 0. The Hall–Kier alpha value is -3.61. The number of hydrogen-bond donors (Lipinski definition) is 2. The maximum Gasteiger partial charge on any atom is 0.342 e. The van der Waals surface area contributed by atoms with Gasteiger partial charge in [-0.15, -0.1) is 0 Å². The van der Waals surface area contributed by atoms with Crippen LogP contribution in [0.2, 0.25) is 0 Å². The number of rotatable bonds is 4. The number of aryl methyl sites for hydroxylation is 1. The molecule has 1 aromatic heterocycles. The highest BCUT2D eigenvalue weighted by Gasteiger charge is 2.14. The van der Waals surface area contributed by atoms with Crippen LogP contribution in [0.4, 0.5) is 5.69 Å². The Labute approximate surface area is 154 Å². The van der Waals surface area contributed by atoms with E-state index in [-0.39, 0.29) is 29.4 Å². The first kappa shape index (κ1) is 18.2. The molecule has 3 aromatic rings. The van der Waals surface area contributed by atoms with Gasteiger partial charge in [-0.2, -0.15) is 0 Å². The van der Waals surface area contributed by atoms with Gasteiger partial charge in [0.25, 0.3) is 0 Å². The van der Waals surface area contributed by atoms with Crippen LogP contribution in [0.3, 0.4) is 0 Å². The topological polar surface area (TPSA) is 106 Å². The average molecular weight is 367 g/mol. The number of aromatic hydroxyl groups is 1. The van der Waals surface area contributed by atoms with Crippen molar-refractivity contribution in [2.75, 3.05) is 5.32 Å². The average Bonchev–Trinajstić information content (AvgIpc) is 2.58. The third kappa shape index (κ3) is 4.14. The molecule has 138 valence electrons. The molecule has 1 heterocycles. The third-order valence-electron chi connectivity index (χ3n) is 3.88. The summed E-state index contributed by atoms with van der Waals surface area (Å²) in [5.41, 5.74) is 1.45. The molecule has 0 aliphatic rings. The van der Waals surface area contributed by atoms with Crippen LogP contribution in [0.1, 0.15) is 28.4 Å². The molecule has 0 aliphatic heterocycles. The lowest BCUT2D eigenvalue weighted by atomic mass is 10.1. The second-order valence-corrected chi connectivity index (χ2v) is 6.08. The summed E-state index contributed by atoms with van der Waals surface area (Å²) in [5, 5.41) is 13.1. The molecule has 1 amide bonds. The van der Waals surface area contributed by atoms with E-state index < -0.39 is 11.6 Å². The number of amides is 1. The Morgan fingerprint density at radius 1 is 1.15 bits per heavy atom. The summed E-state index contributed by atoms with van der Waals surface area (Å²) in [4.78, 5) is 35.2. The van der Waals surface area contributed by atoms with Gasteiger partial charge in [0.1, 0.15) is 23.5 Å². The molecule has 0 spiro atoms. The first-order chi connectivity index (χ1) is 12.8. The van der Waals surface area contributed by atoms with Crippen LogP contribution in [0, 0.1) is 6.92 Å². The van der Waals surface area contributed by atoms with Gasteiger partial charge in [0.2, 0.25) is 5.91 Å². The van der Waals surface area contributed by atoms with Crippen molar-refractivity contribution in [2.24, 2.45) is 0 Å². The molecule has 2 aromatic carbocycles. The number of carbonyl (C=O) groups is 2. The lowest BCUT2D eigenvalue weighted by Crippen LogP contribution is -2.09. The molecule has 7 heteroatoms. The van der Waals surface area contributed by atoms with Crippen molar-refractivity contribution in [3.63, 3.8) is 0 Å². The van der Waals surface area contributed by atoms with Crippen molar-refractivity contribution < 1.29 is 23.8 Å². The number of nitrogens with one attached hydrogen (secondary N) is 1.